The second kappa shape index (κ2) is 6.10. The zero-order valence-corrected chi connectivity index (χ0v) is 13.3. The number of likely N-dealkylation sites (tertiary alicyclic amines) is 1. The summed E-state index contributed by atoms with van der Waals surface area (Å²) in [6.45, 7) is 1.11. The van der Waals surface area contributed by atoms with Gasteiger partial charge in [-0.3, -0.25) is 9.78 Å². The molecule has 0 N–H and O–H groups in total. The first kappa shape index (κ1) is 14.9. The van der Waals surface area contributed by atoms with Crippen molar-refractivity contribution in [3.05, 3.63) is 29.9 Å². The van der Waals surface area contributed by atoms with Gasteiger partial charge in [-0.15, -0.1) is 0 Å². The maximum absolute atomic E-state index is 12.5. The van der Waals surface area contributed by atoms with Crippen LogP contribution in [0.25, 0.3) is 0 Å². The standard InChI is InChI=1S/C16H18N4O4/c1-22-14-7-17-8-15(18-14)23-11-4-5-20(9-11)16(21)12-6-13(24-19-12)10-2-3-10/h6-8,10-11H,2-5,9H2,1H3/t11-/m1/s1. The van der Waals surface area contributed by atoms with Gasteiger partial charge < -0.3 is 18.9 Å². The second-order valence-electron chi connectivity index (χ2n) is 6.07. The normalized spacial score (nSPS) is 20.2. The van der Waals surface area contributed by atoms with E-state index in [0.29, 0.717) is 36.5 Å². The van der Waals surface area contributed by atoms with E-state index in [0.717, 1.165) is 25.0 Å². The van der Waals surface area contributed by atoms with E-state index in [9.17, 15) is 4.79 Å². The Hall–Kier alpha value is -2.64. The lowest BCUT2D eigenvalue weighted by atomic mass is 10.2. The van der Waals surface area contributed by atoms with Crippen LogP contribution in [0.15, 0.2) is 23.0 Å². The molecule has 0 aromatic carbocycles. The lowest BCUT2D eigenvalue weighted by Gasteiger charge is -2.15. The Bertz CT molecular complexity index is 743. The first-order valence-electron chi connectivity index (χ1n) is 8.01. The number of methoxy groups -OCH3 is 1. The van der Waals surface area contributed by atoms with Gasteiger partial charge in [0.2, 0.25) is 11.8 Å². The molecule has 2 aliphatic rings. The second-order valence-corrected chi connectivity index (χ2v) is 6.07. The summed E-state index contributed by atoms with van der Waals surface area (Å²) in [6.07, 6.45) is 5.89. The Morgan fingerprint density at radius 3 is 2.92 bits per heavy atom. The summed E-state index contributed by atoms with van der Waals surface area (Å²) < 4.78 is 16.1. The number of ether oxygens (including phenoxy) is 2. The van der Waals surface area contributed by atoms with Crippen molar-refractivity contribution in [1.82, 2.24) is 20.0 Å². The summed E-state index contributed by atoms with van der Waals surface area (Å²) >= 11 is 0. The van der Waals surface area contributed by atoms with Crippen LogP contribution in [0.2, 0.25) is 0 Å². The van der Waals surface area contributed by atoms with E-state index in [1.807, 2.05) is 0 Å². The number of hydrogen-bond donors (Lipinski definition) is 0. The van der Waals surface area contributed by atoms with Gasteiger partial charge in [-0.2, -0.15) is 4.98 Å². The van der Waals surface area contributed by atoms with E-state index < -0.39 is 0 Å². The van der Waals surface area contributed by atoms with Crippen molar-refractivity contribution >= 4 is 5.91 Å². The van der Waals surface area contributed by atoms with Gasteiger partial charge >= 0.3 is 0 Å². The predicted octanol–water partition coefficient (Wildman–Crippen LogP) is 1.64. The van der Waals surface area contributed by atoms with Crippen LogP contribution in [0, 0.1) is 0 Å². The molecule has 1 amide bonds. The number of aromatic nitrogens is 3. The highest BCUT2D eigenvalue weighted by Crippen LogP contribution is 2.40. The van der Waals surface area contributed by atoms with Crippen LogP contribution in [-0.4, -0.2) is 52.2 Å². The molecular weight excluding hydrogens is 312 g/mol. The molecular formula is C16H18N4O4. The average molecular weight is 330 g/mol. The summed E-state index contributed by atoms with van der Waals surface area (Å²) in [7, 11) is 1.53. The summed E-state index contributed by atoms with van der Waals surface area (Å²) in [5, 5.41) is 3.91. The average Bonchev–Trinajstić information content (AvgIpc) is 3.16. The summed E-state index contributed by atoms with van der Waals surface area (Å²) in [5.41, 5.74) is 0.374. The van der Waals surface area contributed by atoms with Gasteiger partial charge in [-0.25, -0.2) is 0 Å². The van der Waals surface area contributed by atoms with Gasteiger partial charge in [-0.1, -0.05) is 5.16 Å². The highest BCUT2D eigenvalue weighted by Gasteiger charge is 2.33. The number of carbonyl (C=O) groups excluding carboxylic acids is 1. The highest BCUT2D eigenvalue weighted by atomic mass is 16.5. The van der Waals surface area contributed by atoms with Crippen molar-refractivity contribution in [2.45, 2.75) is 31.3 Å². The fourth-order valence-electron chi connectivity index (χ4n) is 2.78. The van der Waals surface area contributed by atoms with E-state index in [-0.39, 0.29) is 12.0 Å². The van der Waals surface area contributed by atoms with Gasteiger partial charge in [0.1, 0.15) is 11.9 Å². The van der Waals surface area contributed by atoms with E-state index in [1.54, 1.807) is 11.0 Å². The van der Waals surface area contributed by atoms with Crippen molar-refractivity contribution < 1.29 is 18.8 Å². The highest BCUT2D eigenvalue weighted by molar-refractivity contribution is 5.92. The Morgan fingerprint density at radius 2 is 2.12 bits per heavy atom. The monoisotopic (exact) mass is 330 g/mol. The molecule has 1 aliphatic heterocycles. The molecule has 1 atom stereocenters. The fraction of sp³-hybridized carbons (Fsp3) is 0.500. The lowest BCUT2D eigenvalue weighted by molar-refractivity contribution is 0.0760. The fourth-order valence-corrected chi connectivity index (χ4v) is 2.78. The molecule has 1 saturated heterocycles. The molecule has 8 heteroatoms. The Balaban J connectivity index is 1.37. The molecule has 1 aliphatic carbocycles. The minimum atomic E-state index is -0.120. The van der Waals surface area contributed by atoms with Gasteiger partial charge in [0.15, 0.2) is 5.69 Å². The predicted molar refractivity (Wildman–Crippen MR) is 82.0 cm³/mol. The van der Waals surface area contributed by atoms with E-state index >= 15 is 0 Å². The molecule has 126 valence electrons. The van der Waals surface area contributed by atoms with Crippen LogP contribution >= 0.6 is 0 Å². The van der Waals surface area contributed by atoms with Crippen LogP contribution in [0.4, 0.5) is 0 Å². The minimum Gasteiger partial charge on any atom is -0.480 e. The molecule has 0 bridgehead atoms. The number of carbonyl (C=O) groups is 1. The molecule has 4 rings (SSSR count). The molecule has 24 heavy (non-hydrogen) atoms. The van der Waals surface area contributed by atoms with Crippen LogP contribution in [0.3, 0.4) is 0 Å². The molecule has 2 aromatic heterocycles. The van der Waals surface area contributed by atoms with Crippen molar-refractivity contribution in [2.24, 2.45) is 0 Å². The van der Waals surface area contributed by atoms with Crippen LogP contribution in [0.1, 0.15) is 41.4 Å². The summed E-state index contributed by atoms with van der Waals surface area (Å²) in [4.78, 5) is 22.4. The Labute approximate surface area is 138 Å². The third-order valence-corrected chi connectivity index (χ3v) is 4.25. The molecule has 8 nitrogen and oxygen atoms in total. The molecule has 2 aromatic rings. The molecule has 0 unspecified atom stereocenters. The Morgan fingerprint density at radius 1 is 1.29 bits per heavy atom. The zero-order chi connectivity index (χ0) is 16.5. The summed E-state index contributed by atoms with van der Waals surface area (Å²) in [6, 6.07) is 1.77. The molecule has 2 fully saturated rings. The molecule has 3 heterocycles. The Kier molecular flexibility index (Phi) is 3.79. The SMILES string of the molecule is COc1cncc(O[C@@H]2CCN(C(=O)c3cc(C4CC4)on3)C2)n1. The van der Waals surface area contributed by atoms with Crippen molar-refractivity contribution in [2.75, 3.05) is 20.2 Å². The van der Waals surface area contributed by atoms with E-state index in [1.165, 1.54) is 19.5 Å². The topological polar surface area (TPSA) is 90.6 Å². The van der Waals surface area contributed by atoms with Crippen molar-refractivity contribution in [1.29, 1.82) is 0 Å². The van der Waals surface area contributed by atoms with Crippen LogP contribution < -0.4 is 9.47 Å². The van der Waals surface area contributed by atoms with Gasteiger partial charge in [-0.05, 0) is 12.8 Å². The van der Waals surface area contributed by atoms with E-state index in [4.69, 9.17) is 14.0 Å². The van der Waals surface area contributed by atoms with Gasteiger partial charge in [0.05, 0.1) is 26.0 Å². The number of hydrogen-bond acceptors (Lipinski definition) is 7. The van der Waals surface area contributed by atoms with Crippen LogP contribution in [-0.2, 0) is 0 Å². The third kappa shape index (κ3) is 3.04. The molecule has 1 saturated carbocycles. The lowest BCUT2D eigenvalue weighted by Crippen LogP contribution is -2.31. The van der Waals surface area contributed by atoms with Crippen molar-refractivity contribution in [3.8, 4) is 11.8 Å². The molecule has 0 spiro atoms. The quantitative estimate of drug-likeness (QED) is 0.823. The largest absolute Gasteiger partial charge is 0.480 e. The van der Waals surface area contributed by atoms with Crippen molar-refractivity contribution in [3.63, 3.8) is 0 Å². The number of nitrogens with zero attached hydrogens (tertiary/aromatic N) is 4. The maximum Gasteiger partial charge on any atom is 0.276 e. The molecule has 0 radical (unpaired) electrons. The number of amides is 1. The smallest absolute Gasteiger partial charge is 0.276 e. The zero-order valence-electron chi connectivity index (χ0n) is 13.3. The van der Waals surface area contributed by atoms with E-state index in [2.05, 4.69) is 15.1 Å². The minimum absolute atomic E-state index is 0.117. The maximum atomic E-state index is 12.5. The van der Waals surface area contributed by atoms with Gasteiger partial charge in [0.25, 0.3) is 5.91 Å². The first-order valence-corrected chi connectivity index (χ1v) is 8.01. The first-order chi connectivity index (χ1) is 11.7. The van der Waals surface area contributed by atoms with Crippen LogP contribution in [0.5, 0.6) is 11.8 Å². The number of rotatable bonds is 5. The van der Waals surface area contributed by atoms with Gasteiger partial charge in [0, 0.05) is 24.9 Å². The third-order valence-electron chi connectivity index (χ3n) is 4.25. The summed E-state index contributed by atoms with van der Waals surface area (Å²) in [5.74, 6) is 1.94.